The van der Waals surface area contributed by atoms with Gasteiger partial charge in [-0.2, -0.15) is 0 Å². The number of primary amides is 1. The topological polar surface area (TPSA) is 243 Å². The maximum Gasteiger partial charge on any atom is 0.411 e. The molecule has 70 heavy (non-hydrogen) atoms. The Morgan fingerprint density at radius 1 is 0.886 bits per heavy atom. The van der Waals surface area contributed by atoms with Crippen LogP contribution in [0, 0.1) is 23.7 Å². The predicted octanol–water partition coefficient (Wildman–Crippen LogP) is 7.95. The molecule has 5 amide bonds. The van der Waals surface area contributed by atoms with E-state index in [0.717, 1.165) is 37.0 Å². The summed E-state index contributed by atoms with van der Waals surface area (Å²) < 4.78 is 9.89. The van der Waals surface area contributed by atoms with Crippen LogP contribution in [0.4, 0.5) is 16.2 Å². The molecule has 2 aromatic rings. The number of anilines is 2. The molecule has 0 heterocycles. The quantitative estimate of drug-likeness (QED) is 0.0442. The van der Waals surface area contributed by atoms with Crippen molar-refractivity contribution in [1.82, 2.24) is 26.2 Å². The average Bonchev–Trinajstić information content (AvgIpc) is 3.30. The Balaban J connectivity index is -0.000000398. The number of ether oxygens (including phenoxy) is 2. The first-order valence-corrected chi connectivity index (χ1v) is 24.3. The van der Waals surface area contributed by atoms with Gasteiger partial charge in [0.2, 0.25) is 24.6 Å². The number of benzene rings is 2. The van der Waals surface area contributed by atoms with Gasteiger partial charge in [0.05, 0.1) is 32.6 Å². The molecule has 0 aliphatic rings. The summed E-state index contributed by atoms with van der Waals surface area (Å²) in [6, 6.07) is 13.2. The number of hydrogen-bond acceptors (Lipinski definition) is 12. The van der Waals surface area contributed by atoms with Crippen molar-refractivity contribution >= 4 is 48.4 Å². The summed E-state index contributed by atoms with van der Waals surface area (Å²) >= 11 is 0. The number of aryl methyl sites for hydroxylation is 1. The molecular weight excluding hydrogens is 893 g/mol. The highest BCUT2D eigenvalue weighted by atomic mass is 16.5. The number of aldehydes is 1. The Labute approximate surface area is 422 Å². The van der Waals surface area contributed by atoms with E-state index in [2.05, 4.69) is 110 Å². The van der Waals surface area contributed by atoms with Gasteiger partial charge < -0.3 is 56.6 Å². The van der Waals surface area contributed by atoms with E-state index in [-0.39, 0.29) is 37.4 Å². The van der Waals surface area contributed by atoms with Crippen LogP contribution in [0.15, 0.2) is 54.7 Å². The lowest BCUT2D eigenvalue weighted by molar-refractivity contribution is -0.123. The number of nitrogens with zero attached hydrogens (tertiary/aromatic N) is 1. The van der Waals surface area contributed by atoms with Crippen molar-refractivity contribution in [2.45, 2.75) is 147 Å². The summed E-state index contributed by atoms with van der Waals surface area (Å²) in [5, 5.41) is 25.4. The second-order valence-electron chi connectivity index (χ2n) is 18.3. The van der Waals surface area contributed by atoms with Gasteiger partial charge in [0.1, 0.15) is 12.0 Å². The summed E-state index contributed by atoms with van der Waals surface area (Å²) in [6.45, 7) is 31.8. The number of amides is 5. The third-order valence-electron chi connectivity index (χ3n) is 10.2. The first kappa shape index (κ1) is 71.0. The van der Waals surface area contributed by atoms with Crippen LogP contribution in [-0.4, -0.2) is 113 Å². The number of carbonyl (C=O) groups is 6. The van der Waals surface area contributed by atoms with Crippen LogP contribution in [-0.2, 0) is 35.3 Å². The predicted molar refractivity (Wildman–Crippen MR) is 288 cm³/mol. The minimum Gasteiger partial charge on any atom is -0.495 e. The van der Waals surface area contributed by atoms with E-state index in [0.29, 0.717) is 65.8 Å². The average molecular weight is 989 g/mol. The van der Waals surface area contributed by atoms with Crippen molar-refractivity contribution in [2.75, 3.05) is 64.6 Å². The molecule has 17 nitrogen and oxygen atoms in total. The van der Waals surface area contributed by atoms with Crippen LogP contribution in [0.25, 0.3) is 0 Å². The normalized spacial score (nSPS) is 11.2. The van der Waals surface area contributed by atoms with Gasteiger partial charge in [0.25, 0.3) is 0 Å². The molecule has 2 unspecified atom stereocenters. The second-order valence-corrected chi connectivity index (χ2v) is 18.3. The highest BCUT2D eigenvalue weighted by Gasteiger charge is 2.28. The number of methoxy groups -OCH3 is 1. The van der Waals surface area contributed by atoms with Crippen LogP contribution in [0.1, 0.15) is 133 Å². The Bertz CT molecular complexity index is 1690. The van der Waals surface area contributed by atoms with Crippen LogP contribution in [0.5, 0.6) is 5.75 Å². The SMILES string of the molecule is CC(C)C(C)NC(=O)CCC=O.CC=CN(CCC(C)(C)CC(C)(C)CNC)C(C)CC.CCCNC.CCOC(=O)Nc1cc(C)ccc1OC.NC=O.O=CNCC(=O)Nc1ccc(CO)cc1. The third kappa shape index (κ3) is 41.5. The fraction of sp³-hybridized carbons (Fsp3) is 0.623. The summed E-state index contributed by atoms with van der Waals surface area (Å²) in [5.74, 6) is 0.723. The standard InChI is InChI=1S/C18H38N2.C11H15NO3.C10H12N2O3.C9H17NO2.C4H11N.CH3NO/c1-9-12-20(16(3)10-2)13-11-17(4,5)14-18(6,7)15-19-8;1-4-15-11(13)12-9-7-8(2)5-6-10(9)14-3;13-6-8-1-3-9(4-2-8)12-10(15)5-11-7-14;1-7(2)8(3)10-9(12)5-4-6-11;1-3-4-5-2;2-1-3/h9,12,16,19H,10-11,13-15H2,1-8H3;5-7H,4H2,1-3H3,(H,12,13);1-4,7,13H,5-6H2,(H,11,14)(H,12,15);6-8H,4-5H2,1-3H3,(H,10,12);5H,3-4H2,1-2H3;1H,(H2,2,3). The van der Waals surface area contributed by atoms with Crippen LogP contribution in [0.3, 0.4) is 0 Å². The van der Waals surface area contributed by atoms with Gasteiger partial charge in [-0.1, -0.05) is 79.7 Å². The molecule has 0 aliphatic heterocycles. The zero-order valence-corrected chi connectivity index (χ0v) is 45.9. The number of nitrogens with two attached hydrogens (primary N) is 1. The van der Waals surface area contributed by atoms with Crippen molar-refractivity contribution in [1.29, 1.82) is 0 Å². The first-order chi connectivity index (χ1) is 33.0. The highest BCUT2D eigenvalue weighted by Crippen LogP contribution is 2.36. The van der Waals surface area contributed by atoms with Crippen molar-refractivity contribution in [2.24, 2.45) is 22.5 Å². The van der Waals surface area contributed by atoms with Crippen LogP contribution < -0.4 is 42.4 Å². The second kappa shape index (κ2) is 44.7. The van der Waals surface area contributed by atoms with E-state index in [1.54, 1.807) is 44.4 Å². The first-order valence-electron chi connectivity index (χ1n) is 24.3. The third-order valence-corrected chi connectivity index (χ3v) is 10.2. The Morgan fingerprint density at radius 2 is 1.50 bits per heavy atom. The Morgan fingerprint density at radius 3 is 1.94 bits per heavy atom. The van der Waals surface area contributed by atoms with Crippen molar-refractivity contribution in [3.05, 3.63) is 65.9 Å². The van der Waals surface area contributed by atoms with E-state index in [9.17, 15) is 24.0 Å². The number of carbonyl (C=O) groups excluding carboxylic acids is 6. The molecule has 0 radical (unpaired) electrons. The van der Waals surface area contributed by atoms with Gasteiger partial charge in [-0.05, 0) is 146 Å². The Hall–Kier alpha value is -5.52. The van der Waals surface area contributed by atoms with E-state index in [4.69, 9.17) is 19.4 Å². The lowest BCUT2D eigenvalue weighted by Crippen LogP contribution is -2.35. The van der Waals surface area contributed by atoms with Crippen molar-refractivity contribution in [3.8, 4) is 5.75 Å². The van der Waals surface area contributed by atoms with Gasteiger partial charge in [-0.3, -0.25) is 24.5 Å². The molecule has 9 N–H and O–H groups in total. The van der Waals surface area contributed by atoms with Gasteiger partial charge in [0, 0.05) is 37.2 Å². The molecule has 0 fully saturated rings. The molecule has 402 valence electrons. The molecule has 2 atom stereocenters. The number of allylic oxidation sites excluding steroid dienone is 1. The lowest BCUT2D eigenvalue weighted by atomic mass is 9.73. The van der Waals surface area contributed by atoms with Gasteiger partial charge in [-0.25, -0.2) is 4.79 Å². The summed E-state index contributed by atoms with van der Waals surface area (Å²) in [6.07, 6.45) is 11.0. The number of hydrogen-bond donors (Lipinski definition) is 8. The summed E-state index contributed by atoms with van der Waals surface area (Å²) in [4.78, 5) is 64.3. The molecule has 17 heteroatoms. The van der Waals surface area contributed by atoms with Crippen LogP contribution >= 0.6 is 0 Å². The molecule has 2 rings (SSSR count). The number of rotatable bonds is 25. The van der Waals surface area contributed by atoms with E-state index in [1.165, 1.54) is 25.7 Å². The maximum atomic E-state index is 11.2. The molecule has 0 aromatic heterocycles. The van der Waals surface area contributed by atoms with E-state index >= 15 is 0 Å². The van der Waals surface area contributed by atoms with Crippen LogP contribution in [0.2, 0.25) is 0 Å². The molecule has 0 saturated heterocycles. The van der Waals surface area contributed by atoms with Gasteiger partial charge in [-0.15, -0.1) is 0 Å². The number of aliphatic hydroxyl groups is 1. The minimum absolute atomic E-state index is 0.0269. The smallest absolute Gasteiger partial charge is 0.411 e. The number of aliphatic hydroxyl groups excluding tert-OH is 1. The zero-order valence-electron chi connectivity index (χ0n) is 45.9. The van der Waals surface area contributed by atoms with Gasteiger partial charge in [0.15, 0.2) is 0 Å². The highest BCUT2D eigenvalue weighted by molar-refractivity contribution is 5.93. The summed E-state index contributed by atoms with van der Waals surface area (Å²) in [7, 11) is 5.57. The minimum atomic E-state index is -0.471. The molecule has 0 aliphatic carbocycles. The molecule has 0 spiro atoms. The molecule has 0 bridgehead atoms. The Kier molecular flexibility index (Phi) is 45.3. The zero-order chi connectivity index (χ0) is 54.6. The lowest BCUT2D eigenvalue weighted by Gasteiger charge is -2.37. The van der Waals surface area contributed by atoms with E-state index in [1.807, 2.05) is 53.9 Å². The fourth-order valence-electron chi connectivity index (χ4n) is 6.39. The summed E-state index contributed by atoms with van der Waals surface area (Å²) in [5.41, 5.74) is 7.98. The molecular formula is C53H96N8O9. The monoisotopic (exact) mass is 989 g/mol. The maximum absolute atomic E-state index is 11.2. The fourth-order valence-corrected chi connectivity index (χ4v) is 6.39. The molecule has 0 saturated carbocycles. The number of nitrogens with one attached hydrogen (secondary N) is 6. The van der Waals surface area contributed by atoms with Crippen molar-refractivity contribution < 1.29 is 43.3 Å². The van der Waals surface area contributed by atoms with Gasteiger partial charge >= 0.3 is 6.09 Å². The molecule has 2 aromatic carbocycles. The van der Waals surface area contributed by atoms with E-state index < -0.39 is 6.09 Å². The van der Waals surface area contributed by atoms with Crippen molar-refractivity contribution in [3.63, 3.8) is 0 Å². The largest absolute Gasteiger partial charge is 0.495 e.